The monoisotopic (exact) mass is 286 g/mol. The molecule has 0 aromatic heterocycles. The van der Waals surface area contributed by atoms with Gasteiger partial charge in [-0.15, -0.1) is 11.8 Å². The Bertz CT molecular complexity index is 367. The zero-order chi connectivity index (χ0) is 14.2. The fourth-order valence-electron chi connectivity index (χ4n) is 3.21. The standard InChI is InChI=1S/C13H22N2O3S/c1-8-4-5-9(2)15(8)10(3)12(16)14-7-19-6-11(14)13(17)18/h8-11H,4-7H2,1-3H3,(H,17,18)/t8?,9?,10?,11-/m0/s1. The largest absolute Gasteiger partial charge is 0.480 e. The molecular weight excluding hydrogens is 264 g/mol. The van der Waals surface area contributed by atoms with Gasteiger partial charge in [0.05, 0.1) is 11.9 Å². The van der Waals surface area contributed by atoms with E-state index in [0.29, 0.717) is 23.7 Å². The lowest BCUT2D eigenvalue weighted by Crippen LogP contribution is -2.53. The van der Waals surface area contributed by atoms with Crippen LogP contribution in [0.25, 0.3) is 0 Å². The number of rotatable bonds is 3. The molecule has 0 bridgehead atoms. The van der Waals surface area contributed by atoms with Gasteiger partial charge in [0, 0.05) is 17.8 Å². The van der Waals surface area contributed by atoms with Gasteiger partial charge >= 0.3 is 5.97 Å². The van der Waals surface area contributed by atoms with Gasteiger partial charge in [0.2, 0.25) is 5.91 Å². The molecule has 0 radical (unpaired) electrons. The molecule has 2 heterocycles. The molecule has 6 heteroatoms. The van der Waals surface area contributed by atoms with Crippen molar-refractivity contribution in [2.75, 3.05) is 11.6 Å². The number of carboxylic acids is 1. The van der Waals surface area contributed by atoms with Crippen LogP contribution in [0.2, 0.25) is 0 Å². The molecule has 3 unspecified atom stereocenters. The molecular formula is C13H22N2O3S. The second-order valence-electron chi connectivity index (χ2n) is 5.56. The van der Waals surface area contributed by atoms with E-state index in [4.69, 9.17) is 5.11 Å². The van der Waals surface area contributed by atoms with Crippen molar-refractivity contribution in [1.29, 1.82) is 0 Å². The fourth-order valence-corrected chi connectivity index (χ4v) is 4.37. The molecule has 0 aliphatic carbocycles. The summed E-state index contributed by atoms with van der Waals surface area (Å²) in [7, 11) is 0. The lowest BCUT2D eigenvalue weighted by molar-refractivity contribution is -0.150. The predicted octanol–water partition coefficient (Wildman–Crippen LogP) is 1.23. The predicted molar refractivity (Wildman–Crippen MR) is 75.1 cm³/mol. The summed E-state index contributed by atoms with van der Waals surface area (Å²) in [5, 5.41) is 9.16. The summed E-state index contributed by atoms with van der Waals surface area (Å²) in [6.07, 6.45) is 2.21. The average Bonchev–Trinajstić information content (AvgIpc) is 2.95. The van der Waals surface area contributed by atoms with Gasteiger partial charge in [0.1, 0.15) is 6.04 Å². The van der Waals surface area contributed by atoms with E-state index in [0.717, 1.165) is 12.8 Å². The number of nitrogens with zero attached hydrogens (tertiary/aromatic N) is 2. The van der Waals surface area contributed by atoms with Gasteiger partial charge in [-0.1, -0.05) is 0 Å². The van der Waals surface area contributed by atoms with E-state index < -0.39 is 12.0 Å². The maximum Gasteiger partial charge on any atom is 0.327 e. The number of likely N-dealkylation sites (tertiary alicyclic amines) is 1. The van der Waals surface area contributed by atoms with Crippen molar-refractivity contribution in [2.24, 2.45) is 0 Å². The first-order valence-electron chi connectivity index (χ1n) is 6.82. The molecule has 0 saturated carbocycles. The second kappa shape index (κ2) is 5.71. The number of aliphatic carboxylic acids is 1. The number of hydrogen-bond donors (Lipinski definition) is 1. The maximum absolute atomic E-state index is 12.5. The molecule has 2 aliphatic heterocycles. The first-order chi connectivity index (χ1) is 8.93. The van der Waals surface area contributed by atoms with Crippen molar-refractivity contribution in [3.8, 4) is 0 Å². The minimum atomic E-state index is -0.895. The average molecular weight is 286 g/mol. The van der Waals surface area contributed by atoms with E-state index in [-0.39, 0.29) is 11.9 Å². The molecule has 2 rings (SSSR count). The normalized spacial score (nSPS) is 33.6. The van der Waals surface area contributed by atoms with Gasteiger partial charge < -0.3 is 10.0 Å². The molecule has 1 amide bonds. The number of carbonyl (C=O) groups is 2. The van der Waals surface area contributed by atoms with Crippen LogP contribution in [0.15, 0.2) is 0 Å². The van der Waals surface area contributed by atoms with Gasteiger partial charge in [-0.05, 0) is 33.6 Å². The van der Waals surface area contributed by atoms with Crippen LogP contribution < -0.4 is 0 Å². The highest BCUT2D eigenvalue weighted by Crippen LogP contribution is 2.29. The minimum Gasteiger partial charge on any atom is -0.480 e. The number of carboxylic acid groups (broad SMARTS) is 1. The van der Waals surface area contributed by atoms with Crippen LogP contribution in [0.3, 0.4) is 0 Å². The Labute approximate surface area is 118 Å². The quantitative estimate of drug-likeness (QED) is 0.845. The Balaban J connectivity index is 2.08. The third kappa shape index (κ3) is 2.74. The van der Waals surface area contributed by atoms with Crippen LogP contribution in [-0.2, 0) is 9.59 Å². The Morgan fingerprint density at radius 3 is 2.37 bits per heavy atom. The summed E-state index contributed by atoms with van der Waals surface area (Å²) in [6, 6.07) is -0.0961. The van der Waals surface area contributed by atoms with Crippen LogP contribution in [0.5, 0.6) is 0 Å². The van der Waals surface area contributed by atoms with Crippen molar-refractivity contribution >= 4 is 23.6 Å². The van der Waals surface area contributed by atoms with Crippen LogP contribution >= 0.6 is 11.8 Å². The van der Waals surface area contributed by atoms with E-state index in [1.807, 2.05) is 6.92 Å². The summed E-state index contributed by atoms with van der Waals surface area (Å²) < 4.78 is 0. The first-order valence-corrected chi connectivity index (χ1v) is 7.97. The number of thioether (sulfide) groups is 1. The Morgan fingerprint density at radius 2 is 1.84 bits per heavy atom. The van der Waals surface area contributed by atoms with Gasteiger partial charge in [-0.2, -0.15) is 0 Å². The fraction of sp³-hybridized carbons (Fsp3) is 0.846. The summed E-state index contributed by atoms with van der Waals surface area (Å²) >= 11 is 1.51. The van der Waals surface area contributed by atoms with E-state index in [2.05, 4.69) is 18.7 Å². The molecule has 2 aliphatic rings. The van der Waals surface area contributed by atoms with Crippen LogP contribution in [0, 0.1) is 0 Å². The third-order valence-corrected chi connectivity index (χ3v) is 5.29. The van der Waals surface area contributed by atoms with E-state index in [9.17, 15) is 9.59 Å². The number of hydrogen-bond acceptors (Lipinski definition) is 4. The van der Waals surface area contributed by atoms with Crippen molar-refractivity contribution in [3.05, 3.63) is 0 Å². The molecule has 5 nitrogen and oxygen atoms in total. The highest BCUT2D eigenvalue weighted by molar-refractivity contribution is 7.99. The van der Waals surface area contributed by atoms with E-state index in [1.165, 1.54) is 16.7 Å². The molecule has 108 valence electrons. The Kier molecular flexibility index (Phi) is 4.40. The zero-order valence-electron chi connectivity index (χ0n) is 11.7. The first kappa shape index (κ1) is 14.7. The summed E-state index contributed by atoms with van der Waals surface area (Å²) in [6.45, 7) is 6.18. The van der Waals surface area contributed by atoms with E-state index in [1.54, 1.807) is 0 Å². The maximum atomic E-state index is 12.5. The number of carbonyl (C=O) groups excluding carboxylic acids is 1. The minimum absolute atomic E-state index is 0.0435. The summed E-state index contributed by atoms with van der Waals surface area (Å²) in [4.78, 5) is 27.5. The highest BCUT2D eigenvalue weighted by atomic mass is 32.2. The molecule has 1 N–H and O–H groups in total. The highest BCUT2D eigenvalue weighted by Gasteiger charge is 2.41. The van der Waals surface area contributed by atoms with Crippen molar-refractivity contribution in [2.45, 2.75) is 57.8 Å². The van der Waals surface area contributed by atoms with E-state index >= 15 is 0 Å². The molecule has 19 heavy (non-hydrogen) atoms. The Morgan fingerprint density at radius 1 is 1.26 bits per heavy atom. The van der Waals surface area contributed by atoms with Crippen LogP contribution in [0.4, 0.5) is 0 Å². The Hall–Kier alpha value is -0.750. The number of amides is 1. The molecule has 0 aromatic carbocycles. The smallest absolute Gasteiger partial charge is 0.327 e. The van der Waals surface area contributed by atoms with Crippen molar-refractivity contribution in [3.63, 3.8) is 0 Å². The molecule has 0 spiro atoms. The lowest BCUT2D eigenvalue weighted by Gasteiger charge is -2.34. The molecule has 2 saturated heterocycles. The molecule has 0 aromatic rings. The van der Waals surface area contributed by atoms with Gasteiger partial charge in [0.15, 0.2) is 0 Å². The molecule has 4 atom stereocenters. The van der Waals surface area contributed by atoms with Crippen LogP contribution in [0.1, 0.15) is 33.6 Å². The van der Waals surface area contributed by atoms with Gasteiger partial charge in [-0.3, -0.25) is 9.69 Å². The topological polar surface area (TPSA) is 60.9 Å². The van der Waals surface area contributed by atoms with Gasteiger partial charge in [-0.25, -0.2) is 4.79 Å². The second-order valence-corrected chi connectivity index (χ2v) is 6.56. The molecule has 2 fully saturated rings. The van der Waals surface area contributed by atoms with Gasteiger partial charge in [0.25, 0.3) is 0 Å². The summed E-state index contributed by atoms with van der Waals surface area (Å²) in [5.41, 5.74) is 0. The SMILES string of the molecule is CC1CCC(C)N1C(C)C(=O)N1CSC[C@H]1C(=O)O. The van der Waals surface area contributed by atoms with Crippen LogP contribution in [-0.4, -0.2) is 62.6 Å². The zero-order valence-corrected chi connectivity index (χ0v) is 12.5. The lowest BCUT2D eigenvalue weighted by atomic mass is 10.1. The summed E-state index contributed by atoms with van der Waals surface area (Å²) in [5.74, 6) is 0.0569. The third-order valence-electron chi connectivity index (χ3n) is 4.28. The van der Waals surface area contributed by atoms with Crippen molar-refractivity contribution in [1.82, 2.24) is 9.80 Å². The van der Waals surface area contributed by atoms with Crippen molar-refractivity contribution < 1.29 is 14.7 Å².